The minimum Gasteiger partial charge on any atom is -2.00 e. The monoisotopic (exact) mass is 103 g/mol. The first-order chi connectivity index (χ1) is 0. The van der Waals surface area contributed by atoms with Crippen LogP contribution in [0.4, 0.5) is 0 Å². The van der Waals surface area contributed by atoms with Gasteiger partial charge >= 0.3 is 17.1 Å². The van der Waals surface area contributed by atoms with E-state index in [0.717, 1.165) is 0 Å². The summed E-state index contributed by atoms with van der Waals surface area (Å²) in [4.78, 5) is 0. The van der Waals surface area contributed by atoms with E-state index in [2.05, 4.69) is 0 Å². The molecule has 0 spiro atoms. The van der Waals surface area contributed by atoms with Crippen LogP contribution in [0.15, 0.2) is 0 Å². The molecule has 1 radical (unpaired) electrons. The molecule has 4 heteroatoms. The first-order valence-corrected chi connectivity index (χ1v) is 0. The molecule has 0 unspecified atom stereocenters. The molecule has 0 bridgehead atoms. The van der Waals surface area contributed by atoms with Crippen LogP contribution in [0.25, 0.3) is 0 Å². The fourth-order valence-corrected chi connectivity index (χ4v) is 0. The quantitative estimate of drug-likeness (QED) is 0.375. The Kier molecular flexibility index (Phi) is 9770. The number of hydrogen-bond acceptors (Lipinski definition) is 0. The molecule has 0 rings (SSSR count). The minimum absolute atomic E-state index is 0. The van der Waals surface area contributed by atoms with E-state index >= 15 is 0 Å². The third kappa shape index (κ3) is 29.4. The largest absolute Gasteiger partial charge is 6.00 e. The smallest absolute Gasteiger partial charge is 2.00 e. The van der Waals surface area contributed by atoms with Crippen molar-refractivity contribution in [2.24, 2.45) is 0 Å². The van der Waals surface area contributed by atoms with E-state index in [9.17, 15) is 0 Å². The third-order valence-corrected chi connectivity index (χ3v) is 0. The average Bonchev–Trinajstić information content (AvgIpc) is 0. The van der Waals surface area contributed by atoms with Gasteiger partial charge in [-0.3, -0.25) is 0 Å². The Labute approximate surface area is 34.4 Å². The summed E-state index contributed by atoms with van der Waals surface area (Å²) in [6, 6.07) is 0. The molecule has 0 amide bonds. The van der Waals surface area contributed by atoms with E-state index < -0.39 is 0 Å². The third-order valence-electron chi connectivity index (χ3n) is 0. The molecule has 0 saturated heterocycles. The van der Waals surface area contributed by atoms with Crippen molar-refractivity contribution in [2.45, 2.75) is 0 Å². The zero-order chi connectivity index (χ0) is 0. The van der Waals surface area contributed by atoms with Crippen LogP contribution in [0.5, 0.6) is 0 Å². The van der Waals surface area contributed by atoms with Crippen molar-refractivity contribution < 1.29 is 33.5 Å². The zero-order valence-corrected chi connectivity index (χ0v) is 2.78. The van der Waals surface area contributed by atoms with Gasteiger partial charge in [0.1, 0.15) is 0 Å². The van der Waals surface area contributed by atoms with Gasteiger partial charge in [0.15, 0.2) is 0 Å². The summed E-state index contributed by atoms with van der Waals surface area (Å²) >= 11 is 0. The molecule has 0 aromatic heterocycles. The molecular formula is MnO3. The Morgan fingerprint density at radius 3 is 0.500 bits per heavy atom. The molecule has 0 aliphatic carbocycles. The van der Waals surface area contributed by atoms with Gasteiger partial charge in [0, 0.05) is 0 Å². The molecule has 25 valence electrons. The summed E-state index contributed by atoms with van der Waals surface area (Å²) < 4.78 is 0. The standard InChI is InChI=1S/Mn.3O/q+6;3*-2. The van der Waals surface area contributed by atoms with Gasteiger partial charge in [-0.05, 0) is 0 Å². The normalized spacial score (nSPS) is 0. The van der Waals surface area contributed by atoms with Crippen LogP contribution in [-0.4, -0.2) is 0 Å². The molecule has 0 saturated carbocycles. The van der Waals surface area contributed by atoms with Crippen LogP contribution in [0.2, 0.25) is 0 Å². The predicted octanol–water partition coefficient (Wildman–Crippen LogP) is -0.359. The second-order valence-corrected chi connectivity index (χ2v) is 0. The summed E-state index contributed by atoms with van der Waals surface area (Å²) in [5, 5.41) is 0. The van der Waals surface area contributed by atoms with E-state index in [1.807, 2.05) is 0 Å². The van der Waals surface area contributed by atoms with Crippen LogP contribution < -0.4 is 0 Å². The molecule has 3 nitrogen and oxygen atoms in total. The molecule has 0 atom stereocenters. The number of rotatable bonds is 0. The van der Waals surface area contributed by atoms with Gasteiger partial charge in [0.25, 0.3) is 0 Å². The second-order valence-electron chi connectivity index (χ2n) is 0. The van der Waals surface area contributed by atoms with Crippen molar-refractivity contribution in [1.29, 1.82) is 0 Å². The van der Waals surface area contributed by atoms with Gasteiger partial charge in [0.05, 0.1) is 0 Å². The first-order valence-electron chi connectivity index (χ1n) is 0. The van der Waals surface area contributed by atoms with E-state index in [4.69, 9.17) is 0 Å². The zero-order valence-electron chi connectivity index (χ0n) is 1.60. The van der Waals surface area contributed by atoms with Crippen molar-refractivity contribution >= 4 is 0 Å². The molecule has 0 heterocycles. The molecule has 0 aromatic rings. The average molecular weight is 103 g/mol. The second kappa shape index (κ2) is 123. The molecule has 4 heavy (non-hydrogen) atoms. The van der Waals surface area contributed by atoms with Gasteiger partial charge in [-0.15, -0.1) is 0 Å². The van der Waals surface area contributed by atoms with Crippen LogP contribution in [0, 0.1) is 0 Å². The number of hydrogen-bond donors (Lipinski definition) is 0. The van der Waals surface area contributed by atoms with Gasteiger partial charge in [-0.1, -0.05) is 0 Å². The fraction of sp³-hybridized carbons (Fsp3) is 0. The molecule has 0 aliphatic rings. The SMILES string of the molecule is [Mn+6].[O-2].[O-2].[O-2]. The summed E-state index contributed by atoms with van der Waals surface area (Å²) in [6.45, 7) is 0. The van der Waals surface area contributed by atoms with E-state index in [0.29, 0.717) is 0 Å². The first kappa shape index (κ1) is 319. The minimum atomic E-state index is 0. The summed E-state index contributed by atoms with van der Waals surface area (Å²) in [6.07, 6.45) is 0. The fourth-order valence-electron chi connectivity index (χ4n) is 0. The van der Waals surface area contributed by atoms with Crippen molar-refractivity contribution in [3.8, 4) is 0 Å². The molecular weight excluding hydrogens is 103 g/mol. The Morgan fingerprint density at radius 1 is 0.500 bits per heavy atom. The Balaban J connectivity index is 0. The van der Waals surface area contributed by atoms with Crippen LogP contribution in [-0.2, 0) is 33.5 Å². The Hall–Kier alpha value is 0.399. The maximum atomic E-state index is 0. The van der Waals surface area contributed by atoms with Crippen molar-refractivity contribution in [3.63, 3.8) is 0 Å². The Bertz CT molecular complexity index is 3.25. The van der Waals surface area contributed by atoms with Gasteiger partial charge < -0.3 is 16.4 Å². The van der Waals surface area contributed by atoms with Crippen LogP contribution in [0.1, 0.15) is 0 Å². The van der Waals surface area contributed by atoms with E-state index in [1.165, 1.54) is 0 Å². The molecule has 0 aromatic carbocycles. The van der Waals surface area contributed by atoms with E-state index in [1.54, 1.807) is 0 Å². The maximum absolute atomic E-state index is 0. The topological polar surface area (TPSA) is 85.5 Å². The molecule has 0 N–H and O–H groups in total. The van der Waals surface area contributed by atoms with E-state index in [-0.39, 0.29) is 33.5 Å². The maximum Gasteiger partial charge on any atom is 6.00 e. The van der Waals surface area contributed by atoms with Crippen LogP contribution in [0.3, 0.4) is 0 Å². The van der Waals surface area contributed by atoms with Gasteiger partial charge in [-0.25, -0.2) is 0 Å². The van der Waals surface area contributed by atoms with Gasteiger partial charge in [-0.2, -0.15) is 0 Å². The van der Waals surface area contributed by atoms with Crippen molar-refractivity contribution in [1.82, 2.24) is 0 Å². The summed E-state index contributed by atoms with van der Waals surface area (Å²) in [5.41, 5.74) is 0. The summed E-state index contributed by atoms with van der Waals surface area (Å²) in [5.74, 6) is 0. The summed E-state index contributed by atoms with van der Waals surface area (Å²) in [7, 11) is 0. The Morgan fingerprint density at radius 2 is 0.500 bits per heavy atom. The predicted molar refractivity (Wildman–Crippen MR) is 2.06 cm³/mol. The van der Waals surface area contributed by atoms with Crippen molar-refractivity contribution in [3.05, 3.63) is 0 Å². The molecule has 0 aliphatic heterocycles. The van der Waals surface area contributed by atoms with Crippen molar-refractivity contribution in [2.75, 3.05) is 0 Å². The van der Waals surface area contributed by atoms with Gasteiger partial charge in [0.2, 0.25) is 0 Å². The molecule has 0 fully saturated rings. The van der Waals surface area contributed by atoms with Crippen LogP contribution >= 0.6 is 0 Å².